The molecule has 4 rings (SSSR count). The molecule has 118 valence electrons. The lowest BCUT2D eigenvalue weighted by Crippen LogP contribution is -2.46. The maximum absolute atomic E-state index is 5.39. The van der Waals surface area contributed by atoms with Gasteiger partial charge in [0.15, 0.2) is 5.82 Å². The van der Waals surface area contributed by atoms with Crippen molar-refractivity contribution < 1.29 is 4.52 Å². The highest BCUT2D eigenvalue weighted by Gasteiger charge is 2.27. The van der Waals surface area contributed by atoms with Gasteiger partial charge in [-0.2, -0.15) is 4.98 Å². The van der Waals surface area contributed by atoms with E-state index in [1.165, 1.54) is 38.8 Å². The summed E-state index contributed by atoms with van der Waals surface area (Å²) in [6, 6.07) is 4.75. The summed E-state index contributed by atoms with van der Waals surface area (Å²) in [5.74, 6) is 1.46. The number of hydrogen-bond donors (Lipinski definition) is 0. The Balaban J connectivity index is 1.38. The van der Waals surface area contributed by atoms with Gasteiger partial charge in [0, 0.05) is 12.6 Å². The van der Waals surface area contributed by atoms with E-state index in [9.17, 15) is 0 Å². The molecule has 0 unspecified atom stereocenters. The van der Waals surface area contributed by atoms with Crippen LogP contribution in [0.4, 0.5) is 0 Å². The zero-order valence-corrected chi connectivity index (χ0v) is 13.6. The first kappa shape index (κ1) is 14.4. The Kier molecular flexibility index (Phi) is 4.23. The first-order valence-corrected chi connectivity index (χ1v) is 9.09. The van der Waals surface area contributed by atoms with E-state index >= 15 is 0 Å². The van der Waals surface area contributed by atoms with Gasteiger partial charge in [0.2, 0.25) is 0 Å². The van der Waals surface area contributed by atoms with Gasteiger partial charge in [0.05, 0.1) is 11.4 Å². The topological polar surface area (TPSA) is 45.4 Å². The van der Waals surface area contributed by atoms with Crippen LogP contribution in [0.1, 0.15) is 31.5 Å². The standard InChI is InChI=1S/C16H22N4OS/c1-2-9-20(8-1)13-5-3-7-19(11-13)12-15-17-16(21-18-15)14-6-4-10-22-14/h4,6,10,13H,1-3,5,7-9,11-12H2/t13-/m0/s1. The number of aromatic nitrogens is 2. The first-order chi connectivity index (χ1) is 10.9. The van der Waals surface area contributed by atoms with E-state index in [1.807, 2.05) is 17.5 Å². The monoisotopic (exact) mass is 318 g/mol. The smallest absolute Gasteiger partial charge is 0.268 e. The molecule has 2 aromatic heterocycles. The van der Waals surface area contributed by atoms with Crippen LogP contribution in [0.25, 0.3) is 10.8 Å². The Morgan fingerprint density at radius 2 is 2.14 bits per heavy atom. The second-order valence-corrected chi connectivity index (χ2v) is 7.21. The fourth-order valence-corrected chi connectivity index (χ4v) is 4.24. The van der Waals surface area contributed by atoms with Crippen molar-refractivity contribution in [2.24, 2.45) is 0 Å². The maximum atomic E-state index is 5.39. The summed E-state index contributed by atoms with van der Waals surface area (Å²) >= 11 is 1.64. The minimum absolute atomic E-state index is 0.651. The molecule has 2 fully saturated rings. The van der Waals surface area contributed by atoms with Gasteiger partial charge in [0.1, 0.15) is 0 Å². The summed E-state index contributed by atoms with van der Waals surface area (Å²) < 4.78 is 5.39. The van der Waals surface area contributed by atoms with Gasteiger partial charge >= 0.3 is 0 Å². The van der Waals surface area contributed by atoms with E-state index < -0.39 is 0 Å². The van der Waals surface area contributed by atoms with Gasteiger partial charge < -0.3 is 4.52 Å². The van der Waals surface area contributed by atoms with Crippen molar-refractivity contribution in [2.75, 3.05) is 26.2 Å². The van der Waals surface area contributed by atoms with Gasteiger partial charge in [0.25, 0.3) is 5.89 Å². The van der Waals surface area contributed by atoms with E-state index in [-0.39, 0.29) is 0 Å². The second-order valence-electron chi connectivity index (χ2n) is 6.27. The van der Waals surface area contributed by atoms with Crippen molar-refractivity contribution in [1.82, 2.24) is 19.9 Å². The Hall–Kier alpha value is -1.24. The third-order valence-electron chi connectivity index (χ3n) is 4.70. The zero-order chi connectivity index (χ0) is 14.8. The van der Waals surface area contributed by atoms with Crippen LogP contribution in [0.5, 0.6) is 0 Å². The number of hydrogen-bond acceptors (Lipinski definition) is 6. The third kappa shape index (κ3) is 3.09. The summed E-state index contributed by atoms with van der Waals surface area (Å²) in [6.07, 6.45) is 5.34. The van der Waals surface area contributed by atoms with E-state index in [0.29, 0.717) is 5.89 Å². The number of thiophene rings is 1. The highest BCUT2D eigenvalue weighted by molar-refractivity contribution is 7.13. The number of likely N-dealkylation sites (tertiary alicyclic amines) is 2. The molecular formula is C16H22N4OS. The van der Waals surface area contributed by atoms with E-state index in [2.05, 4.69) is 19.9 Å². The average Bonchev–Trinajstić information content (AvgIpc) is 3.29. The molecule has 0 aromatic carbocycles. The largest absolute Gasteiger partial charge is 0.333 e. The summed E-state index contributed by atoms with van der Waals surface area (Å²) in [5, 5.41) is 6.19. The van der Waals surface area contributed by atoms with Crippen LogP contribution in [0.3, 0.4) is 0 Å². The van der Waals surface area contributed by atoms with Crippen LogP contribution in [-0.4, -0.2) is 52.2 Å². The van der Waals surface area contributed by atoms with Crippen LogP contribution >= 0.6 is 11.3 Å². The highest BCUT2D eigenvalue weighted by atomic mass is 32.1. The molecule has 6 heteroatoms. The zero-order valence-electron chi connectivity index (χ0n) is 12.8. The van der Waals surface area contributed by atoms with Crippen LogP contribution in [0.15, 0.2) is 22.0 Å². The van der Waals surface area contributed by atoms with E-state index in [4.69, 9.17) is 4.52 Å². The molecule has 0 amide bonds. The van der Waals surface area contributed by atoms with Gasteiger partial charge in [-0.25, -0.2) is 0 Å². The molecule has 5 nitrogen and oxygen atoms in total. The number of piperidine rings is 1. The predicted molar refractivity (Wildman–Crippen MR) is 86.7 cm³/mol. The van der Waals surface area contributed by atoms with Gasteiger partial charge in [-0.1, -0.05) is 11.2 Å². The lowest BCUT2D eigenvalue weighted by molar-refractivity contribution is 0.108. The van der Waals surface area contributed by atoms with Gasteiger partial charge in [-0.3, -0.25) is 9.80 Å². The van der Waals surface area contributed by atoms with Crippen LogP contribution < -0.4 is 0 Å². The average molecular weight is 318 g/mol. The fourth-order valence-electron chi connectivity index (χ4n) is 3.60. The normalized spacial score (nSPS) is 24.1. The summed E-state index contributed by atoms with van der Waals surface area (Å²) in [7, 11) is 0. The SMILES string of the molecule is c1csc(-c2nc(CN3CCC[C@H](N4CCCC4)C3)no2)c1. The Morgan fingerprint density at radius 3 is 2.95 bits per heavy atom. The van der Waals surface area contributed by atoms with Crippen LogP contribution in [0.2, 0.25) is 0 Å². The second kappa shape index (κ2) is 6.48. The van der Waals surface area contributed by atoms with E-state index in [0.717, 1.165) is 36.4 Å². The van der Waals surface area contributed by atoms with Gasteiger partial charge in [-0.05, 0) is 56.8 Å². The van der Waals surface area contributed by atoms with E-state index in [1.54, 1.807) is 11.3 Å². The minimum atomic E-state index is 0.651. The molecule has 0 spiro atoms. The lowest BCUT2D eigenvalue weighted by Gasteiger charge is -2.37. The van der Waals surface area contributed by atoms with Crippen molar-refractivity contribution in [3.63, 3.8) is 0 Å². The van der Waals surface area contributed by atoms with Crippen molar-refractivity contribution >= 4 is 11.3 Å². The molecule has 2 saturated heterocycles. The molecule has 0 bridgehead atoms. The van der Waals surface area contributed by atoms with Crippen LogP contribution in [-0.2, 0) is 6.54 Å². The molecule has 0 radical (unpaired) electrons. The first-order valence-electron chi connectivity index (χ1n) is 8.21. The lowest BCUT2D eigenvalue weighted by atomic mass is 10.0. The summed E-state index contributed by atoms with van der Waals surface area (Å²) in [6.45, 7) is 5.65. The number of nitrogens with zero attached hydrogens (tertiary/aromatic N) is 4. The quantitative estimate of drug-likeness (QED) is 0.867. The van der Waals surface area contributed by atoms with Crippen molar-refractivity contribution in [2.45, 2.75) is 38.3 Å². The Bertz CT molecular complexity index is 591. The number of rotatable bonds is 4. The molecule has 0 aliphatic carbocycles. The third-order valence-corrected chi connectivity index (χ3v) is 5.56. The minimum Gasteiger partial charge on any atom is -0.333 e. The van der Waals surface area contributed by atoms with Crippen molar-refractivity contribution in [1.29, 1.82) is 0 Å². The Labute approximate surface area is 134 Å². The molecule has 22 heavy (non-hydrogen) atoms. The molecule has 1 atom stereocenters. The molecule has 2 aliphatic rings. The summed E-state index contributed by atoms with van der Waals surface area (Å²) in [4.78, 5) is 10.7. The molecule has 0 saturated carbocycles. The highest BCUT2D eigenvalue weighted by Crippen LogP contribution is 2.24. The van der Waals surface area contributed by atoms with Gasteiger partial charge in [-0.15, -0.1) is 11.3 Å². The maximum Gasteiger partial charge on any atom is 0.268 e. The summed E-state index contributed by atoms with van der Waals surface area (Å²) in [5.41, 5.74) is 0. The molecular weight excluding hydrogens is 296 g/mol. The predicted octanol–water partition coefficient (Wildman–Crippen LogP) is 2.86. The van der Waals surface area contributed by atoms with Crippen molar-refractivity contribution in [3.05, 3.63) is 23.3 Å². The Morgan fingerprint density at radius 1 is 1.23 bits per heavy atom. The fraction of sp³-hybridized carbons (Fsp3) is 0.625. The van der Waals surface area contributed by atoms with Crippen molar-refractivity contribution in [3.8, 4) is 10.8 Å². The molecule has 0 N–H and O–H groups in total. The van der Waals surface area contributed by atoms with Crippen LogP contribution in [0, 0.1) is 0 Å². The molecule has 2 aliphatic heterocycles. The molecule has 4 heterocycles. The molecule has 2 aromatic rings.